The Labute approximate surface area is 109 Å². The average Bonchev–Trinajstić information content (AvgIpc) is 2.22. The maximum absolute atomic E-state index is 10.5. The molecular weight excluding hydrogens is 265 g/mol. The van der Waals surface area contributed by atoms with Gasteiger partial charge in [-0.2, -0.15) is 0 Å². The van der Waals surface area contributed by atoms with Crippen LogP contribution in [0.15, 0.2) is 23.4 Å². The van der Waals surface area contributed by atoms with Crippen LogP contribution in [-0.2, 0) is 9.63 Å². The zero-order valence-electron chi connectivity index (χ0n) is 9.11. The van der Waals surface area contributed by atoms with Crippen molar-refractivity contribution in [2.24, 2.45) is 5.16 Å². The average molecular weight is 276 g/mol. The van der Waals surface area contributed by atoms with E-state index in [0.29, 0.717) is 21.3 Å². The number of carboxylic acids is 1. The topological polar surface area (TPSA) is 58.9 Å². The van der Waals surface area contributed by atoms with E-state index in [9.17, 15) is 4.79 Å². The van der Waals surface area contributed by atoms with Crippen LogP contribution in [-0.4, -0.2) is 23.9 Å². The van der Waals surface area contributed by atoms with Crippen molar-refractivity contribution in [2.75, 3.05) is 7.11 Å². The van der Waals surface area contributed by atoms with Gasteiger partial charge >= 0.3 is 5.97 Å². The van der Waals surface area contributed by atoms with Crippen LogP contribution in [0.5, 0.6) is 0 Å². The minimum Gasteiger partial charge on any atom is -0.481 e. The van der Waals surface area contributed by atoms with Crippen LogP contribution in [0.2, 0.25) is 10.0 Å². The molecule has 0 saturated heterocycles. The Balaban J connectivity index is 2.97. The molecule has 0 aromatic heterocycles. The summed E-state index contributed by atoms with van der Waals surface area (Å²) in [6.07, 6.45) is 0.214. The van der Waals surface area contributed by atoms with Crippen molar-refractivity contribution in [3.05, 3.63) is 33.8 Å². The summed E-state index contributed by atoms with van der Waals surface area (Å²) in [5, 5.41) is 13.4. The van der Waals surface area contributed by atoms with Crippen LogP contribution in [0.1, 0.15) is 18.4 Å². The minimum absolute atomic E-state index is 0.0354. The predicted octanol–water partition coefficient (Wildman–Crippen LogP) is 3.21. The fourth-order valence-electron chi connectivity index (χ4n) is 1.30. The number of hydrogen-bond acceptors (Lipinski definition) is 3. The van der Waals surface area contributed by atoms with Gasteiger partial charge in [-0.25, -0.2) is 0 Å². The van der Waals surface area contributed by atoms with E-state index in [2.05, 4.69) is 9.99 Å². The van der Waals surface area contributed by atoms with E-state index in [-0.39, 0.29) is 12.8 Å². The molecule has 4 nitrogen and oxygen atoms in total. The van der Waals surface area contributed by atoms with Crippen molar-refractivity contribution in [3.8, 4) is 0 Å². The predicted molar refractivity (Wildman–Crippen MR) is 66.9 cm³/mol. The lowest BCUT2D eigenvalue weighted by molar-refractivity contribution is -0.136. The van der Waals surface area contributed by atoms with Crippen molar-refractivity contribution in [3.63, 3.8) is 0 Å². The normalized spacial score (nSPS) is 11.4. The van der Waals surface area contributed by atoms with Crippen LogP contribution in [0.4, 0.5) is 0 Å². The van der Waals surface area contributed by atoms with Gasteiger partial charge in [0, 0.05) is 22.0 Å². The minimum atomic E-state index is -0.901. The first-order valence-corrected chi connectivity index (χ1v) is 5.57. The quantitative estimate of drug-likeness (QED) is 0.663. The van der Waals surface area contributed by atoms with E-state index in [1.807, 2.05) is 0 Å². The standard InChI is InChI=1S/C11H11Cl2NO3/c1-17-14-10(2-3-11(15)16)7-4-8(12)6-9(13)5-7/h4-6H,2-3H2,1H3,(H,15,16). The molecule has 0 fully saturated rings. The lowest BCUT2D eigenvalue weighted by atomic mass is 10.1. The van der Waals surface area contributed by atoms with Crippen LogP contribution in [0.3, 0.4) is 0 Å². The van der Waals surface area contributed by atoms with Gasteiger partial charge in [-0.3, -0.25) is 4.79 Å². The van der Waals surface area contributed by atoms with Crippen molar-refractivity contribution >= 4 is 34.9 Å². The molecule has 0 radical (unpaired) electrons. The Bertz CT molecular complexity index is 426. The highest BCUT2D eigenvalue weighted by Crippen LogP contribution is 2.21. The second-order valence-corrected chi connectivity index (χ2v) is 4.15. The zero-order chi connectivity index (χ0) is 12.8. The van der Waals surface area contributed by atoms with Gasteiger partial charge < -0.3 is 9.94 Å². The van der Waals surface area contributed by atoms with Crippen molar-refractivity contribution in [1.82, 2.24) is 0 Å². The molecule has 92 valence electrons. The number of aliphatic carboxylic acids is 1. The van der Waals surface area contributed by atoms with E-state index < -0.39 is 5.97 Å². The summed E-state index contributed by atoms with van der Waals surface area (Å²) in [6, 6.07) is 4.91. The Morgan fingerprint density at radius 3 is 2.35 bits per heavy atom. The van der Waals surface area contributed by atoms with E-state index in [0.717, 1.165) is 0 Å². The number of halogens is 2. The number of benzene rings is 1. The molecule has 0 atom stereocenters. The lowest BCUT2D eigenvalue weighted by Crippen LogP contribution is -2.06. The lowest BCUT2D eigenvalue weighted by Gasteiger charge is -2.05. The van der Waals surface area contributed by atoms with Crippen LogP contribution in [0, 0.1) is 0 Å². The number of carboxylic acid groups (broad SMARTS) is 1. The van der Waals surface area contributed by atoms with Crippen molar-refractivity contribution < 1.29 is 14.7 Å². The number of oxime groups is 1. The fraction of sp³-hybridized carbons (Fsp3) is 0.273. The molecule has 0 bridgehead atoms. The van der Waals surface area contributed by atoms with Gasteiger partial charge in [0.1, 0.15) is 7.11 Å². The molecule has 0 spiro atoms. The fourth-order valence-corrected chi connectivity index (χ4v) is 1.82. The molecule has 1 aromatic rings. The Morgan fingerprint density at radius 2 is 1.88 bits per heavy atom. The Morgan fingerprint density at radius 1 is 1.29 bits per heavy atom. The third-order valence-electron chi connectivity index (χ3n) is 1.97. The summed E-state index contributed by atoms with van der Waals surface area (Å²) < 4.78 is 0. The molecule has 0 unspecified atom stereocenters. The number of nitrogens with zero attached hydrogens (tertiary/aromatic N) is 1. The van der Waals surface area contributed by atoms with Crippen LogP contribution >= 0.6 is 23.2 Å². The van der Waals surface area contributed by atoms with Gasteiger partial charge in [0.05, 0.1) is 12.1 Å². The molecule has 1 rings (SSSR count). The first-order valence-electron chi connectivity index (χ1n) is 4.81. The molecule has 0 amide bonds. The molecule has 1 aromatic carbocycles. The maximum atomic E-state index is 10.5. The van der Waals surface area contributed by atoms with Crippen LogP contribution < -0.4 is 0 Å². The van der Waals surface area contributed by atoms with Crippen molar-refractivity contribution in [1.29, 1.82) is 0 Å². The van der Waals surface area contributed by atoms with Crippen LogP contribution in [0.25, 0.3) is 0 Å². The van der Waals surface area contributed by atoms with E-state index in [4.69, 9.17) is 28.3 Å². The summed E-state index contributed by atoms with van der Waals surface area (Å²) in [5.41, 5.74) is 1.16. The largest absolute Gasteiger partial charge is 0.481 e. The molecular formula is C11H11Cl2NO3. The molecule has 6 heteroatoms. The van der Waals surface area contributed by atoms with Crippen molar-refractivity contribution in [2.45, 2.75) is 12.8 Å². The molecule has 0 saturated carbocycles. The Hall–Kier alpha value is -1.26. The third-order valence-corrected chi connectivity index (χ3v) is 2.41. The van der Waals surface area contributed by atoms with Gasteiger partial charge in [0.15, 0.2) is 0 Å². The maximum Gasteiger partial charge on any atom is 0.303 e. The Kier molecular flexibility index (Phi) is 5.25. The van der Waals surface area contributed by atoms with Gasteiger partial charge in [0.25, 0.3) is 0 Å². The van der Waals surface area contributed by atoms with Gasteiger partial charge in [-0.1, -0.05) is 28.4 Å². The first kappa shape index (κ1) is 13.8. The molecule has 0 aliphatic rings. The highest BCUT2D eigenvalue weighted by molar-refractivity contribution is 6.35. The second kappa shape index (κ2) is 6.47. The summed E-state index contributed by atoms with van der Waals surface area (Å²) in [4.78, 5) is 15.2. The first-order chi connectivity index (χ1) is 8.02. The number of rotatable bonds is 5. The molecule has 0 heterocycles. The van der Waals surface area contributed by atoms with Gasteiger partial charge in [-0.15, -0.1) is 0 Å². The summed E-state index contributed by atoms with van der Waals surface area (Å²) in [6.45, 7) is 0. The SMILES string of the molecule is CON=C(CCC(=O)O)c1cc(Cl)cc(Cl)c1. The third kappa shape index (κ3) is 4.63. The highest BCUT2D eigenvalue weighted by atomic mass is 35.5. The highest BCUT2D eigenvalue weighted by Gasteiger charge is 2.09. The number of carbonyl (C=O) groups is 1. The summed E-state index contributed by atoms with van der Waals surface area (Å²) in [7, 11) is 1.40. The zero-order valence-corrected chi connectivity index (χ0v) is 10.6. The van der Waals surface area contributed by atoms with Gasteiger partial charge in [-0.05, 0) is 18.2 Å². The smallest absolute Gasteiger partial charge is 0.303 e. The molecule has 1 N–H and O–H groups in total. The number of hydrogen-bond donors (Lipinski definition) is 1. The van der Waals surface area contributed by atoms with Gasteiger partial charge in [0.2, 0.25) is 0 Å². The molecule has 0 aliphatic heterocycles. The van der Waals surface area contributed by atoms with E-state index in [1.165, 1.54) is 7.11 Å². The summed E-state index contributed by atoms with van der Waals surface area (Å²) >= 11 is 11.7. The molecule has 17 heavy (non-hydrogen) atoms. The summed E-state index contributed by atoms with van der Waals surface area (Å²) in [5.74, 6) is -0.901. The monoisotopic (exact) mass is 275 g/mol. The second-order valence-electron chi connectivity index (χ2n) is 3.27. The molecule has 0 aliphatic carbocycles. The van der Waals surface area contributed by atoms with E-state index >= 15 is 0 Å². The van der Waals surface area contributed by atoms with E-state index in [1.54, 1.807) is 18.2 Å².